The van der Waals surface area contributed by atoms with Crippen LogP contribution in [-0.2, 0) is 16.4 Å². The number of hydrogen-bond donors (Lipinski definition) is 1. The Balaban J connectivity index is 2.24. The molecule has 0 spiro atoms. The molecule has 92 valence electrons. The molecule has 0 saturated heterocycles. The summed E-state index contributed by atoms with van der Waals surface area (Å²) < 4.78 is 23.5. The van der Waals surface area contributed by atoms with Crippen LogP contribution in [0, 0.1) is 6.92 Å². The summed E-state index contributed by atoms with van der Waals surface area (Å²) in [6.07, 6.45) is 2.83. The Bertz CT molecular complexity index is 442. The van der Waals surface area contributed by atoms with Crippen molar-refractivity contribution < 1.29 is 8.42 Å². The van der Waals surface area contributed by atoms with Gasteiger partial charge < -0.3 is 5.32 Å². The van der Waals surface area contributed by atoms with Crippen LogP contribution in [0.4, 0.5) is 0 Å². The van der Waals surface area contributed by atoms with E-state index in [1.807, 2.05) is 6.92 Å². The van der Waals surface area contributed by atoms with Crippen LogP contribution in [0.3, 0.4) is 0 Å². The van der Waals surface area contributed by atoms with Gasteiger partial charge in [-0.3, -0.25) is 4.68 Å². The molecular weight excluding hydrogens is 250 g/mol. The minimum atomic E-state index is -2.88. The number of nitrogens with zero attached hydrogens (tertiary/aromatic N) is 2. The van der Waals surface area contributed by atoms with Gasteiger partial charge in [-0.1, -0.05) is 11.6 Å². The fourth-order valence-corrected chi connectivity index (χ4v) is 1.87. The molecule has 1 aromatic heterocycles. The predicted octanol–water partition coefficient (Wildman–Crippen LogP) is 0.479. The lowest BCUT2D eigenvalue weighted by atomic mass is 10.4. The smallest absolute Gasteiger partial charge is 0.148 e. The van der Waals surface area contributed by atoms with Gasteiger partial charge >= 0.3 is 0 Å². The van der Waals surface area contributed by atoms with Gasteiger partial charge in [0, 0.05) is 19.3 Å². The first-order valence-corrected chi connectivity index (χ1v) is 7.40. The molecule has 0 bridgehead atoms. The number of hydrogen-bond acceptors (Lipinski definition) is 4. The lowest BCUT2D eigenvalue weighted by molar-refractivity contribution is 0.550. The van der Waals surface area contributed by atoms with Crippen LogP contribution in [0.2, 0.25) is 5.02 Å². The third-order valence-electron chi connectivity index (χ3n) is 2.19. The van der Waals surface area contributed by atoms with Crippen LogP contribution in [-0.4, -0.2) is 43.3 Å². The standard InChI is InChI=1S/C9H16ClN3O2S/c1-8-9(10)7-12-13(8)5-3-11-4-6-16(2,14)15/h7,11H,3-6H2,1-2H3. The minimum absolute atomic E-state index is 0.159. The molecule has 7 heteroatoms. The molecule has 1 rings (SSSR count). The van der Waals surface area contributed by atoms with Crippen molar-refractivity contribution in [3.05, 3.63) is 16.9 Å². The quantitative estimate of drug-likeness (QED) is 0.760. The molecule has 1 N–H and O–H groups in total. The van der Waals surface area contributed by atoms with E-state index in [1.165, 1.54) is 6.26 Å². The van der Waals surface area contributed by atoms with Crippen LogP contribution in [0.15, 0.2) is 6.20 Å². The van der Waals surface area contributed by atoms with E-state index in [1.54, 1.807) is 10.9 Å². The normalized spacial score (nSPS) is 11.9. The van der Waals surface area contributed by atoms with Gasteiger partial charge in [0.25, 0.3) is 0 Å². The Morgan fingerprint density at radius 2 is 2.19 bits per heavy atom. The number of nitrogens with one attached hydrogen (secondary N) is 1. The maximum absolute atomic E-state index is 10.8. The molecule has 1 heterocycles. The Morgan fingerprint density at radius 3 is 2.69 bits per heavy atom. The van der Waals surface area contributed by atoms with Crippen molar-refractivity contribution in [3.63, 3.8) is 0 Å². The van der Waals surface area contributed by atoms with E-state index < -0.39 is 9.84 Å². The fraction of sp³-hybridized carbons (Fsp3) is 0.667. The topological polar surface area (TPSA) is 64.0 Å². The first-order chi connectivity index (χ1) is 7.40. The first kappa shape index (κ1) is 13.5. The van der Waals surface area contributed by atoms with Gasteiger partial charge in [0.2, 0.25) is 0 Å². The first-order valence-electron chi connectivity index (χ1n) is 4.96. The molecule has 0 saturated carbocycles. The van der Waals surface area contributed by atoms with Crippen molar-refractivity contribution in [1.29, 1.82) is 0 Å². The van der Waals surface area contributed by atoms with Crippen molar-refractivity contribution in [2.24, 2.45) is 0 Å². The summed E-state index contributed by atoms with van der Waals surface area (Å²) in [4.78, 5) is 0. The highest BCUT2D eigenvalue weighted by Gasteiger charge is 2.03. The van der Waals surface area contributed by atoms with E-state index in [-0.39, 0.29) is 5.75 Å². The van der Waals surface area contributed by atoms with Crippen molar-refractivity contribution in [1.82, 2.24) is 15.1 Å². The zero-order valence-corrected chi connectivity index (χ0v) is 11.0. The van der Waals surface area contributed by atoms with E-state index >= 15 is 0 Å². The summed E-state index contributed by atoms with van der Waals surface area (Å²) in [5.41, 5.74) is 0.923. The largest absolute Gasteiger partial charge is 0.314 e. The van der Waals surface area contributed by atoms with Gasteiger partial charge in [-0.15, -0.1) is 0 Å². The molecule has 0 unspecified atom stereocenters. The lowest BCUT2D eigenvalue weighted by Crippen LogP contribution is -2.26. The summed E-state index contributed by atoms with van der Waals surface area (Å²) in [7, 11) is -2.88. The van der Waals surface area contributed by atoms with E-state index in [4.69, 9.17) is 11.6 Å². The zero-order chi connectivity index (χ0) is 12.2. The number of aromatic nitrogens is 2. The summed E-state index contributed by atoms with van der Waals surface area (Å²) >= 11 is 5.85. The third kappa shape index (κ3) is 4.51. The molecule has 16 heavy (non-hydrogen) atoms. The van der Waals surface area contributed by atoms with E-state index in [0.29, 0.717) is 24.7 Å². The summed E-state index contributed by atoms with van der Waals surface area (Å²) in [5, 5.41) is 7.78. The van der Waals surface area contributed by atoms with Crippen molar-refractivity contribution in [2.45, 2.75) is 13.5 Å². The number of halogens is 1. The molecule has 0 aromatic carbocycles. The van der Waals surface area contributed by atoms with Gasteiger partial charge in [0.05, 0.1) is 29.2 Å². The molecule has 0 fully saturated rings. The summed E-state index contributed by atoms with van der Waals surface area (Å²) in [6.45, 7) is 3.72. The highest BCUT2D eigenvalue weighted by Crippen LogP contribution is 2.12. The molecule has 1 aromatic rings. The Kier molecular flexibility index (Phi) is 4.76. The van der Waals surface area contributed by atoms with Crippen LogP contribution in [0.5, 0.6) is 0 Å². The average Bonchev–Trinajstić information content (AvgIpc) is 2.47. The van der Waals surface area contributed by atoms with Crippen molar-refractivity contribution in [2.75, 3.05) is 25.1 Å². The summed E-state index contributed by atoms with van der Waals surface area (Å²) in [6, 6.07) is 0. The second kappa shape index (κ2) is 5.65. The molecule has 5 nitrogen and oxygen atoms in total. The second-order valence-corrected chi connectivity index (χ2v) is 6.35. The lowest BCUT2D eigenvalue weighted by Gasteiger charge is -2.06. The van der Waals surface area contributed by atoms with Gasteiger partial charge in [-0.05, 0) is 6.92 Å². The number of sulfone groups is 1. The molecule has 0 aliphatic rings. The van der Waals surface area contributed by atoms with Crippen molar-refractivity contribution >= 4 is 21.4 Å². The Hall–Kier alpha value is -0.590. The molecule has 0 radical (unpaired) electrons. The van der Waals surface area contributed by atoms with Crippen LogP contribution in [0.1, 0.15) is 5.69 Å². The molecular formula is C9H16ClN3O2S. The van der Waals surface area contributed by atoms with Gasteiger partial charge in [0.1, 0.15) is 9.84 Å². The van der Waals surface area contributed by atoms with Gasteiger partial charge in [-0.2, -0.15) is 5.10 Å². The monoisotopic (exact) mass is 265 g/mol. The number of rotatable bonds is 6. The van der Waals surface area contributed by atoms with E-state index in [0.717, 1.165) is 5.69 Å². The van der Waals surface area contributed by atoms with Crippen molar-refractivity contribution in [3.8, 4) is 0 Å². The second-order valence-electron chi connectivity index (χ2n) is 3.68. The minimum Gasteiger partial charge on any atom is -0.314 e. The SMILES string of the molecule is Cc1c(Cl)cnn1CCNCCS(C)(=O)=O. The molecule has 0 aliphatic heterocycles. The average molecular weight is 266 g/mol. The van der Waals surface area contributed by atoms with Crippen LogP contribution < -0.4 is 5.32 Å². The maximum atomic E-state index is 10.8. The Labute approximate surface area is 101 Å². The highest BCUT2D eigenvalue weighted by molar-refractivity contribution is 7.90. The molecule has 0 amide bonds. The summed E-state index contributed by atoms with van der Waals surface area (Å²) in [5.74, 6) is 0.159. The highest BCUT2D eigenvalue weighted by atomic mass is 35.5. The molecule has 0 atom stereocenters. The fourth-order valence-electron chi connectivity index (χ4n) is 1.22. The van der Waals surface area contributed by atoms with Crippen LogP contribution >= 0.6 is 11.6 Å². The van der Waals surface area contributed by atoms with Gasteiger partial charge in [-0.25, -0.2) is 8.42 Å². The third-order valence-corrected chi connectivity index (χ3v) is 3.51. The molecule has 0 aliphatic carbocycles. The predicted molar refractivity (Wildman–Crippen MR) is 64.6 cm³/mol. The maximum Gasteiger partial charge on any atom is 0.148 e. The van der Waals surface area contributed by atoms with Crippen LogP contribution in [0.25, 0.3) is 0 Å². The van der Waals surface area contributed by atoms with Gasteiger partial charge in [0.15, 0.2) is 0 Å². The Morgan fingerprint density at radius 1 is 1.50 bits per heavy atom. The van der Waals surface area contributed by atoms with E-state index in [2.05, 4.69) is 10.4 Å². The van der Waals surface area contributed by atoms with E-state index in [9.17, 15) is 8.42 Å². The zero-order valence-electron chi connectivity index (χ0n) is 9.40.